The van der Waals surface area contributed by atoms with Gasteiger partial charge in [-0.2, -0.15) is 0 Å². The van der Waals surface area contributed by atoms with Crippen molar-refractivity contribution in [2.45, 2.75) is 135 Å². The standard InChI is InChI=1S/C21H46OSi/c1-4-5-6-7-8-9-10-11-12-13-14-15-16-17-18-19-21(23)22-20(2)3/h20-21H,4-19H2,1-3,23H3. The smallest absolute Gasteiger partial charge is 0.0517 e. The Morgan fingerprint density at radius 2 is 0.957 bits per heavy atom. The molecule has 0 aromatic heterocycles. The van der Waals surface area contributed by atoms with Gasteiger partial charge in [-0.05, 0) is 20.3 Å². The molecule has 1 atom stereocenters. The summed E-state index contributed by atoms with van der Waals surface area (Å²) in [5.41, 5.74) is 0.581. The van der Waals surface area contributed by atoms with Crippen molar-refractivity contribution in [3.05, 3.63) is 0 Å². The van der Waals surface area contributed by atoms with E-state index in [0.717, 1.165) is 0 Å². The highest BCUT2D eigenvalue weighted by atomic mass is 28.1. The number of hydrogen-bond donors (Lipinski definition) is 0. The van der Waals surface area contributed by atoms with Crippen molar-refractivity contribution in [1.29, 1.82) is 0 Å². The van der Waals surface area contributed by atoms with Gasteiger partial charge in [-0.15, -0.1) is 0 Å². The maximum atomic E-state index is 5.83. The normalized spacial score (nSPS) is 13.0. The van der Waals surface area contributed by atoms with Crippen LogP contribution in [0.3, 0.4) is 0 Å². The van der Waals surface area contributed by atoms with Crippen LogP contribution in [0.2, 0.25) is 0 Å². The van der Waals surface area contributed by atoms with Gasteiger partial charge >= 0.3 is 0 Å². The minimum Gasteiger partial charge on any atom is -0.380 e. The molecule has 0 aliphatic heterocycles. The van der Waals surface area contributed by atoms with E-state index in [4.69, 9.17) is 4.74 Å². The van der Waals surface area contributed by atoms with Gasteiger partial charge in [0.25, 0.3) is 0 Å². The van der Waals surface area contributed by atoms with Crippen LogP contribution in [0.4, 0.5) is 0 Å². The predicted molar refractivity (Wildman–Crippen MR) is 109 cm³/mol. The fraction of sp³-hybridized carbons (Fsp3) is 1.00. The van der Waals surface area contributed by atoms with E-state index in [0.29, 0.717) is 11.8 Å². The molecule has 0 aromatic rings. The molecule has 0 saturated carbocycles. The first-order valence-corrected chi connectivity index (χ1v) is 12.0. The Morgan fingerprint density at radius 1 is 0.609 bits per heavy atom. The Labute approximate surface area is 150 Å². The first kappa shape index (κ1) is 23.2. The fourth-order valence-electron chi connectivity index (χ4n) is 3.34. The third-order valence-electron chi connectivity index (χ3n) is 4.72. The third-order valence-corrected chi connectivity index (χ3v) is 5.57. The topological polar surface area (TPSA) is 9.23 Å². The van der Waals surface area contributed by atoms with Crippen molar-refractivity contribution in [1.82, 2.24) is 0 Å². The molecule has 0 aliphatic rings. The van der Waals surface area contributed by atoms with Gasteiger partial charge in [0.05, 0.1) is 6.10 Å². The summed E-state index contributed by atoms with van der Waals surface area (Å²) in [6.45, 7) is 6.60. The van der Waals surface area contributed by atoms with Crippen LogP contribution in [0, 0.1) is 0 Å². The lowest BCUT2D eigenvalue weighted by Gasteiger charge is -2.15. The summed E-state index contributed by atoms with van der Waals surface area (Å²) in [4.78, 5) is 0. The predicted octanol–water partition coefficient (Wildman–Crippen LogP) is 6.36. The van der Waals surface area contributed by atoms with E-state index in [-0.39, 0.29) is 0 Å². The summed E-state index contributed by atoms with van der Waals surface area (Å²) in [5, 5.41) is 0. The summed E-state index contributed by atoms with van der Waals surface area (Å²) < 4.78 is 5.83. The molecular weight excluding hydrogens is 296 g/mol. The molecule has 0 aliphatic carbocycles. The minimum absolute atomic E-state index is 0.411. The zero-order valence-corrected chi connectivity index (χ0v) is 18.9. The second-order valence-corrected chi connectivity index (χ2v) is 9.02. The second-order valence-electron chi connectivity index (χ2n) is 7.73. The van der Waals surface area contributed by atoms with Crippen molar-refractivity contribution in [3.63, 3.8) is 0 Å². The van der Waals surface area contributed by atoms with Crippen LogP contribution in [-0.2, 0) is 4.74 Å². The van der Waals surface area contributed by atoms with Gasteiger partial charge < -0.3 is 4.74 Å². The molecule has 0 fully saturated rings. The molecule has 0 radical (unpaired) electrons. The van der Waals surface area contributed by atoms with E-state index in [9.17, 15) is 0 Å². The Hall–Kier alpha value is 0.177. The Balaban J connectivity index is 3.05. The molecule has 1 nitrogen and oxygen atoms in total. The largest absolute Gasteiger partial charge is 0.380 e. The van der Waals surface area contributed by atoms with Gasteiger partial charge in [-0.3, -0.25) is 0 Å². The lowest BCUT2D eigenvalue weighted by molar-refractivity contribution is 0.0488. The Bertz CT molecular complexity index is 218. The first-order chi connectivity index (χ1) is 11.2. The summed E-state index contributed by atoms with van der Waals surface area (Å²) in [7, 11) is 1.19. The lowest BCUT2D eigenvalue weighted by atomic mass is 10.0. The fourth-order valence-corrected chi connectivity index (χ4v) is 4.29. The quantitative estimate of drug-likeness (QED) is 0.208. The molecule has 0 saturated heterocycles. The Kier molecular flexibility index (Phi) is 18.7. The number of ether oxygens (including phenoxy) is 1. The number of rotatable bonds is 18. The van der Waals surface area contributed by atoms with E-state index in [2.05, 4.69) is 20.8 Å². The van der Waals surface area contributed by atoms with Crippen molar-refractivity contribution in [3.8, 4) is 0 Å². The van der Waals surface area contributed by atoms with E-state index in [1.165, 1.54) is 113 Å². The molecule has 1 unspecified atom stereocenters. The highest BCUT2D eigenvalue weighted by Gasteiger charge is 2.03. The van der Waals surface area contributed by atoms with Gasteiger partial charge in [0.1, 0.15) is 0 Å². The van der Waals surface area contributed by atoms with Crippen molar-refractivity contribution >= 4 is 10.2 Å². The molecule has 23 heavy (non-hydrogen) atoms. The van der Waals surface area contributed by atoms with Gasteiger partial charge in [0.15, 0.2) is 0 Å². The van der Waals surface area contributed by atoms with Crippen LogP contribution >= 0.6 is 0 Å². The summed E-state index contributed by atoms with van der Waals surface area (Å²) >= 11 is 0. The number of unbranched alkanes of at least 4 members (excludes halogenated alkanes) is 14. The van der Waals surface area contributed by atoms with Gasteiger partial charge in [0.2, 0.25) is 0 Å². The molecule has 0 spiro atoms. The minimum atomic E-state index is 0.411. The van der Waals surface area contributed by atoms with Gasteiger partial charge in [0, 0.05) is 16.0 Å². The number of hydrogen-bond acceptors (Lipinski definition) is 1. The van der Waals surface area contributed by atoms with Crippen molar-refractivity contribution in [2.24, 2.45) is 0 Å². The zero-order chi connectivity index (χ0) is 17.2. The molecule has 0 amide bonds. The van der Waals surface area contributed by atoms with Crippen LogP contribution in [0.1, 0.15) is 124 Å². The van der Waals surface area contributed by atoms with E-state index in [1.807, 2.05) is 0 Å². The monoisotopic (exact) mass is 342 g/mol. The average Bonchev–Trinajstić information content (AvgIpc) is 2.50. The van der Waals surface area contributed by atoms with E-state index >= 15 is 0 Å². The maximum Gasteiger partial charge on any atom is 0.0517 e. The van der Waals surface area contributed by atoms with Gasteiger partial charge in [-0.1, -0.05) is 103 Å². The molecule has 0 N–H and O–H groups in total. The van der Waals surface area contributed by atoms with Crippen LogP contribution < -0.4 is 0 Å². The highest BCUT2D eigenvalue weighted by molar-refractivity contribution is 6.10. The Morgan fingerprint density at radius 3 is 1.30 bits per heavy atom. The molecule has 0 heterocycles. The third kappa shape index (κ3) is 20.1. The lowest BCUT2D eigenvalue weighted by Crippen LogP contribution is -2.17. The molecule has 2 heteroatoms. The zero-order valence-electron chi connectivity index (χ0n) is 16.9. The summed E-state index contributed by atoms with van der Waals surface area (Å²) in [5.74, 6) is 0. The highest BCUT2D eigenvalue weighted by Crippen LogP contribution is 2.14. The molecular formula is C21H46OSi. The van der Waals surface area contributed by atoms with Crippen molar-refractivity contribution in [2.75, 3.05) is 0 Å². The van der Waals surface area contributed by atoms with Crippen LogP contribution in [0.25, 0.3) is 0 Å². The van der Waals surface area contributed by atoms with Gasteiger partial charge in [-0.25, -0.2) is 0 Å². The average molecular weight is 343 g/mol. The SMILES string of the molecule is CCCCCCCCCCCCCCCCCC([SiH3])OC(C)C. The summed E-state index contributed by atoms with van der Waals surface area (Å²) in [6.07, 6.45) is 23.4. The van der Waals surface area contributed by atoms with Crippen LogP contribution in [0.5, 0.6) is 0 Å². The van der Waals surface area contributed by atoms with Crippen LogP contribution in [-0.4, -0.2) is 22.1 Å². The van der Waals surface area contributed by atoms with Crippen LogP contribution in [0.15, 0.2) is 0 Å². The molecule has 140 valence electrons. The summed E-state index contributed by atoms with van der Waals surface area (Å²) in [6, 6.07) is 0. The first-order valence-electron chi connectivity index (χ1n) is 10.8. The molecule has 0 aromatic carbocycles. The molecule has 0 rings (SSSR count). The second kappa shape index (κ2) is 18.5. The maximum absolute atomic E-state index is 5.83. The van der Waals surface area contributed by atoms with E-state index < -0.39 is 0 Å². The van der Waals surface area contributed by atoms with E-state index in [1.54, 1.807) is 0 Å². The molecule has 0 bridgehead atoms. The van der Waals surface area contributed by atoms with Crippen molar-refractivity contribution < 1.29 is 4.74 Å².